The molecule has 0 heterocycles. The molecule has 0 fully saturated rings. The van der Waals surface area contributed by atoms with Crippen LogP contribution in [0.15, 0.2) is 24.3 Å². The van der Waals surface area contributed by atoms with Gasteiger partial charge in [0.05, 0.1) is 0 Å². The molecule has 1 amide bonds. The summed E-state index contributed by atoms with van der Waals surface area (Å²) >= 11 is 0. The first-order valence-electron chi connectivity index (χ1n) is 6.68. The quantitative estimate of drug-likeness (QED) is 0.531. The van der Waals surface area contributed by atoms with Gasteiger partial charge in [0.2, 0.25) is 11.9 Å². The summed E-state index contributed by atoms with van der Waals surface area (Å²) in [7, 11) is 0. The molecule has 7 nitrogen and oxygen atoms in total. The normalized spacial score (nSPS) is 12.4. The van der Waals surface area contributed by atoms with Gasteiger partial charge in [-0.2, -0.15) is 0 Å². The van der Waals surface area contributed by atoms with Crippen LogP contribution in [-0.4, -0.2) is 34.6 Å². The van der Waals surface area contributed by atoms with Crippen molar-refractivity contribution < 1.29 is 24.2 Å². The minimum Gasteiger partial charge on any atom is -0.480 e. The van der Waals surface area contributed by atoms with Crippen molar-refractivity contribution in [1.82, 2.24) is 0 Å². The third-order valence-electron chi connectivity index (χ3n) is 2.80. The Morgan fingerprint density at radius 3 is 2.27 bits per heavy atom. The van der Waals surface area contributed by atoms with Crippen LogP contribution in [0.1, 0.15) is 26.3 Å². The first kappa shape index (κ1) is 17.6. The number of carbonyl (C=O) groups excluding carboxylic acids is 2. The zero-order valence-electron chi connectivity index (χ0n) is 12.8. The number of nitrogens with one attached hydrogen (secondary N) is 1. The molecule has 0 aliphatic heterocycles. The molecular formula is C15H20N2O5. The summed E-state index contributed by atoms with van der Waals surface area (Å²) in [6.07, 6.45) is 0.380. The summed E-state index contributed by atoms with van der Waals surface area (Å²) < 4.78 is 5.15. The van der Waals surface area contributed by atoms with Crippen LogP contribution in [0.2, 0.25) is 0 Å². The Labute approximate surface area is 128 Å². The van der Waals surface area contributed by atoms with Crippen molar-refractivity contribution in [3.63, 3.8) is 0 Å². The second kappa shape index (κ2) is 7.04. The van der Waals surface area contributed by atoms with E-state index in [-0.39, 0.29) is 5.91 Å². The van der Waals surface area contributed by atoms with E-state index in [1.54, 1.807) is 38.1 Å². The Morgan fingerprint density at radius 2 is 1.82 bits per heavy atom. The smallest absolute Gasteiger partial charge is 0.335 e. The standard InChI is InChI=1S/C15H20N2O5/c1-9(18)17-11-6-4-10(5-7-11)8-15(2,3)22-14(21)12(16)13(19)20/h4-7,12H,8,16H2,1-3H3,(H,17,18)(H,19,20)/t12-/m1/s1. The fraction of sp³-hybridized carbons (Fsp3) is 0.400. The van der Waals surface area contributed by atoms with Crippen LogP contribution in [0.25, 0.3) is 0 Å². The molecule has 1 aromatic carbocycles. The maximum absolute atomic E-state index is 11.6. The molecule has 0 aliphatic rings. The van der Waals surface area contributed by atoms with E-state index < -0.39 is 23.6 Å². The zero-order chi connectivity index (χ0) is 16.9. The molecule has 0 aromatic heterocycles. The Kier molecular flexibility index (Phi) is 5.64. The fourth-order valence-electron chi connectivity index (χ4n) is 1.87. The SMILES string of the molecule is CC(=O)Nc1ccc(CC(C)(C)OC(=O)[C@H](N)C(=O)O)cc1. The second-order valence-corrected chi connectivity index (χ2v) is 5.55. The molecule has 1 atom stereocenters. The van der Waals surface area contributed by atoms with Crippen LogP contribution < -0.4 is 11.1 Å². The number of esters is 1. The van der Waals surface area contributed by atoms with Gasteiger partial charge in [-0.3, -0.25) is 4.79 Å². The van der Waals surface area contributed by atoms with Crippen LogP contribution in [-0.2, 0) is 25.5 Å². The number of carbonyl (C=O) groups is 3. The van der Waals surface area contributed by atoms with Gasteiger partial charge in [-0.15, -0.1) is 0 Å². The van der Waals surface area contributed by atoms with Crippen molar-refractivity contribution in [2.45, 2.75) is 38.8 Å². The van der Waals surface area contributed by atoms with Crippen LogP contribution in [0.4, 0.5) is 5.69 Å². The number of amides is 1. The maximum Gasteiger partial charge on any atom is 0.335 e. The van der Waals surface area contributed by atoms with Gasteiger partial charge in [0.1, 0.15) is 5.60 Å². The van der Waals surface area contributed by atoms with E-state index >= 15 is 0 Å². The lowest BCUT2D eigenvalue weighted by Gasteiger charge is -2.26. The van der Waals surface area contributed by atoms with Gasteiger partial charge in [0.15, 0.2) is 0 Å². The van der Waals surface area contributed by atoms with Crippen molar-refractivity contribution >= 4 is 23.5 Å². The maximum atomic E-state index is 11.6. The Balaban J connectivity index is 2.69. The van der Waals surface area contributed by atoms with Crippen LogP contribution in [0.5, 0.6) is 0 Å². The number of nitrogens with two attached hydrogens (primary N) is 1. The third kappa shape index (κ3) is 5.53. The molecule has 0 saturated carbocycles. The monoisotopic (exact) mass is 308 g/mol. The molecule has 22 heavy (non-hydrogen) atoms. The molecule has 0 saturated heterocycles. The first-order chi connectivity index (χ1) is 10.1. The van der Waals surface area contributed by atoms with E-state index in [4.69, 9.17) is 15.6 Å². The Morgan fingerprint density at radius 1 is 1.27 bits per heavy atom. The van der Waals surface area contributed by atoms with E-state index in [0.29, 0.717) is 12.1 Å². The van der Waals surface area contributed by atoms with E-state index in [1.165, 1.54) is 6.92 Å². The highest BCUT2D eigenvalue weighted by atomic mass is 16.6. The zero-order valence-corrected chi connectivity index (χ0v) is 12.8. The fourth-order valence-corrected chi connectivity index (χ4v) is 1.87. The Hall–Kier alpha value is -2.41. The van der Waals surface area contributed by atoms with Crippen molar-refractivity contribution in [1.29, 1.82) is 0 Å². The summed E-state index contributed by atoms with van der Waals surface area (Å²) in [5.41, 5.74) is 5.85. The van der Waals surface area contributed by atoms with Gasteiger partial charge < -0.3 is 20.9 Å². The average molecular weight is 308 g/mol. The average Bonchev–Trinajstić information content (AvgIpc) is 2.38. The Bertz CT molecular complexity index is 566. The van der Waals surface area contributed by atoms with Gasteiger partial charge in [0, 0.05) is 19.0 Å². The number of ether oxygens (including phenoxy) is 1. The minimum absolute atomic E-state index is 0.162. The van der Waals surface area contributed by atoms with Crippen molar-refractivity contribution in [3.05, 3.63) is 29.8 Å². The van der Waals surface area contributed by atoms with E-state index in [1.807, 2.05) is 0 Å². The second-order valence-electron chi connectivity index (χ2n) is 5.55. The van der Waals surface area contributed by atoms with Gasteiger partial charge in [-0.25, -0.2) is 9.59 Å². The lowest BCUT2D eigenvalue weighted by atomic mass is 9.98. The molecule has 120 valence electrons. The summed E-state index contributed by atoms with van der Waals surface area (Å²) in [6, 6.07) is 5.35. The lowest BCUT2D eigenvalue weighted by Crippen LogP contribution is -2.44. The largest absolute Gasteiger partial charge is 0.480 e. The topological polar surface area (TPSA) is 119 Å². The van der Waals surface area contributed by atoms with Gasteiger partial charge in [0.25, 0.3) is 0 Å². The summed E-state index contributed by atoms with van der Waals surface area (Å²) in [6.45, 7) is 4.75. The van der Waals surface area contributed by atoms with Crippen LogP contribution >= 0.6 is 0 Å². The van der Waals surface area contributed by atoms with E-state index in [0.717, 1.165) is 5.56 Å². The predicted octanol–water partition coefficient (Wildman–Crippen LogP) is 0.921. The molecule has 0 aliphatic carbocycles. The summed E-state index contributed by atoms with van der Waals surface area (Å²) in [5, 5.41) is 11.3. The highest BCUT2D eigenvalue weighted by molar-refractivity contribution is 5.98. The summed E-state index contributed by atoms with van der Waals surface area (Å²) in [5.74, 6) is -2.57. The van der Waals surface area contributed by atoms with Gasteiger partial charge in [-0.1, -0.05) is 12.1 Å². The number of aliphatic carboxylic acids is 1. The highest BCUT2D eigenvalue weighted by Crippen LogP contribution is 2.19. The highest BCUT2D eigenvalue weighted by Gasteiger charge is 2.30. The molecule has 1 aromatic rings. The molecule has 4 N–H and O–H groups in total. The molecule has 1 rings (SSSR count). The molecular weight excluding hydrogens is 288 g/mol. The number of carboxylic acid groups (broad SMARTS) is 1. The molecule has 7 heteroatoms. The molecule has 0 bridgehead atoms. The first-order valence-corrected chi connectivity index (χ1v) is 6.68. The number of hydrogen-bond acceptors (Lipinski definition) is 5. The van der Waals surface area contributed by atoms with E-state index in [2.05, 4.69) is 5.32 Å². The number of benzene rings is 1. The van der Waals surface area contributed by atoms with Gasteiger partial charge >= 0.3 is 11.9 Å². The van der Waals surface area contributed by atoms with Crippen LogP contribution in [0, 0.1) is 0 Å². The minimum atomic E-state index is -1.69. The predicted molar refractivity (Wildman–Crippen MR) is 80.2 cm³/mol. The number of hydrogen-bond donors (Lipinski definition) is 3. The molecule has 0 unspecified atom stereocenters. The van der Waals surface area contributed by atoms with Gasteiger partial charge in [-0.05, 0) is 31.5 Å². The number of carboxylic acids is 1. The molecule has 0 radical (unpaired) electrons. The number of anilines is 1. The van der Waals surface area contributed by atoms with Crippen molar-refractivity contribution in [3.8, 4) is 0 Å². The van der Waals surface area contributed by atoms with Crippen molar-refractivity contribution in [2.24, 2.45) is 5.73 Å². The van der Waals surface area contributed by atoms with Crippen molar-refractivity contribution in [2.75, 3.05) is 5.32 Å². The van der Waals surface area contributed by atoms with E-state index in [9.17, 15) is 14.4 Å². The number of rotatable bonds is 6. The van der Waals surface area contributed by atoms with Crippen LogP contribution in [0.3, 0.4) is 0 Å². The lowest BCUT2D eigenvalue weighted by molar-refractivity contribution is -0.163. The summed E-state index contributed by atoms with van der Waals surface area (Å²) in [4.78, 5) is 33.2. The third-order valence-corrected chi connectivity index (χ3v) is 2.80. The molecule has 0 spiro atoms.